The Morgan fingerprint density at radius 1 is 1.19 bits per heavy atom. The van der Waals surface area contributed by atoms with E-state index in [2.05, 4.69) is 55.0 Å². The molecule has 0 aliphatic rings. The zero-order valence-corrected chi connectivity index (χ0v) is 10.6. The largest absolute Gasteiger partial charge is 0.399 e. The Morgan fingerprint density at radius 2 is 1.81 bits per heavy atom. The lowest BCUT2D eigenvalue weighted by atomic mass is 9.97. The van der Waals surface area contributed by atoms with E-state index in [1.165, 1.54) is 11.1 Å². The van der Waals surface area contributed by atoms with Gasteiger partial charge in [-0.25, -0.2) is 0 Å². The molecule has 2 nitrogen and oxygen atoms in total. The van der Waals surface area contributed by atoms with Gasteiger partial charge >= 0.3 is 0 Å². The third-order valence-electron chi connectivity index (χ3n) is 2.62. The first-order valence-electron chi connectivity index (χ1n) is 5.79. The number of hydrogen-bond donors (Lipinski definition) is 0. The van der Waals surface area contributed by atoms with Gasteiger partial charge in [0.05, 0.1) is 0 Å². The maximum atomic E-state index is 4.67. The molecule has 16 heavy (non-hydrogen) atoms. The predicted octanol–water partition coefficient (Wildman–Crippen LogP) is 3.62. The summed E-state index contributed by atoms with van der Waals surface area (Å²) >= 11 is 0. The monoisotopic (exact) mass is 219 g/mol. The Labute approximate surface area is 98.3 Å². The van der Waals surface area contributed by atoms with E-state index in [1.54, 1.807) is 7.11 Å². The molecule has 0 saturated heterocycles. The average molecular weight is 219 g/mol. The normalized spacial score (nSPS) is 13.3. The lowest BCUT2D eigenvalue weighted by Gasteiger charge is -2.08. The van der Waals surface area contributed by atoms with Crippen LogP contribution in [0.5, 0.6) is 0 Å². The highest BCUT2D eigenvalue weighted by Crippen LogP contribution is 2.16. The van der Waals surface area contributed by atoms with E-state index in [0.717, 1.165) is 6.42 Å². The van der Waals surface area contributed by atoms with Gasteiger partial charge in [-0.05, 0) is 29.4 Å². The molecule has 1 unspecified atom stereocenters. The van der Waals surface area contributed by atoms with E-state index < -0.39 is 0 Å². The predicted molar refractivity (Wildman–Crippen MR) is 68.9 cm³/mol. The van der Waals surface area contributed by atoms with Crippen molar-refractivity contribution < 1.29 is 4.84 Å². The molecular weight excluding hydrogens is 198 g/mol. The van der Waals surface area contributed by atoms with Gasteiger partial charge < -0.3 is 4.84 Å². The third-order valence-corrected chi connectivity index (χ3v) is 2.62. The fourth-order valence-corrected chi connectivity index (χ4v) is 1.63. The summed E-state index contributed by atoms with van der Waals surface area (Å²) in [5, 5.41) is 3.79. The van der Waals surface area contributed by atoms with Crippen LogP contribution in [0, 0.1) is 5.92 Å². The molecule has 0 aliphatic carbocycles. The van der Waals surface area contributed by atoms with Gasteiger partial charge in [0.1, 0.15) is 7.11 Å². The molecule has 0 aromatic heterocycles. The molecule has 0 saturated carbocycles. The van der Waals surface area contributed by atoms with Crippen molar-refractivity contribution in [2.75, 3.05) is 7.11 Å². The van der Waals surface area contributed by atoms with Crippen molar-refractivity contribution in [1.29, 1.82) is 0 Å². The second kappa shape index (κ2) is 6.31. The fraction of sp³-hybridized carbons (Fsp3) is 0.500. The van der Waals surface area contributed by atoms with E-state index in [9.17, 15) is 0 Å². The molecular formula is C14H21NO. The average Bonchev–Trinajstić information content (AvgIpc) is 2.27. The van der Waals surface area contributed by atoms with Gasteiger partial charge in [0, 0.05) is 6.21 Å². The van der Waals surface area contributed by atoms with E-state index >= 15 is 0 Å². The highest BCUT2D eigenvalue weighted by molar-refractivity contribution is 5.59. The maximum absolute atomic E-state index is 4.67. The van der Waals surface area contributed by atoms with Crippen LogP contribution < -0.4 is 0 Å². The first kappa shape index (κ1) is 12.8. The Morgan fingerprint density at radius 3 is 2.31 bits per heavy atom. The molecule has 1 aromatic rings. The maximum Gasteiger partial charge on any atom is 0.106 e. The summed E-state index contributed by atoms with van der Waals surface area (Å²) in [6.07, 6.45) is 2.85. The fourth-order valence-electron chi connectivity index (χ4n) is 1.63. The first-order chi connectivity index (χ1) is 7.63. The van der Waals surface area contributed by atoms with Crippen molar-refractivity contribution in [2.45, 2.75) is 33.1 Å². The molecule has 2 heteroatoms. The molecule has 1 atom stereocenters. The number of nitrogens with zero attached hydrogens (tertiary/aromatic N) is 1. The number of rotatable bonds is 5. The molecule has 0 radical (unpaired) electrons. The zero-order chi connectivity index (χ0) is 12.0. The van der Waals surface area contributed by atoms with Crippen molar-refractivity contribution in [3.8, 4) is 0 Å². The summed E-state index contributed by atoms with van der Waals surface area (Å²) in [6.45, 7) is 6.56. The lowest BCUT2D eigenvalue weighted by Crippen LogP contribution is -2.01. The Kier molecular flexibility index (Phi) is 5.03. The Balaban J connectivity index is 2.58. The number of benzene rings is 1. The lowest BCUT2D eigenvalue weighted by molar-refractivity contribution is 0.213. The molecule has 0 aliphatic heterocycles. The van der Waals surface area contributed by atoms with Crippen molar-refractivity contribution in [3.63, 3.8) is 0 Å². The second-order valence-electron chi connectivity index (χ2n) is 4.51. The summed E-state index contributed by atoms with van der Waals surface area (Å²) in [4.78, 5) is 4.67. The van der Waals surface area contributed by atoms with Crippen LogP contribution in [0.3, 0.4) is 0 Å². The quantitative estimate of drug-likeness (QED) is 0.547. The van der Waals surface area contributed by atoms with Crippen molar-refractivity contribution in [2.24, 2.45) is 11.1 Å². The summed E-state index contributed by atoms with van der Waals surface area (Å²) < 4.78 is 0. The zero-order valence-electron chi connectivity index (χ0n) is 10.6. The van der Waals surface area contributed by atoms with Crippen LogP contribution in [0.1, 0.15) is 37.8 Å². The Bertz CT molecular complexity index is 327. The van der Waals surface area contributed by atoms with Crippen LogP contribution in [0.4, 0.5) is 0 Å². The van der Waals surface area contributed by atoms with Crippen LogP contribution >= 0.6 is 0 Å². The van der Waals surface area contributed by atoms with Gasteiger partial charge in [-0.15, -0.1) is 0 Å². The Hall–Kier alpha value is -1.31. The van der Waals surface area contributed by atoms with E-state index in [0.29, 0.717) is 11.8 Å². The van der Waals surface area contributed by atoms with Gasteiger partial charge in [-0.2, -0.15) is 0 Å². The van der Waals surface area contributed by atoms with Gasteiger partial charge in [0.15, 0.2) is 0 Å². The molecule has 0 spiro atoms. The highest BCUT2D eigenvalue weighted by atomic mass is 16.6. The van der Waals surface area contributed by atoms with E-state index in [-0.39, 0.29) is 0 Å². The van der Waals surface area contributed by atoms with Crippen LogP contribution in [-0.4, -0.2) is 13.3 Å². The summed E-state index contributed by atoms with van der Waals surface area (Å²) in [7, 11) is 1.57. The second-order valence-corrected chi connectivity index (χ2v) is 4.51. The summed E-state index contributed by atoms with van der Waals surface area (Å²) in [5.74, 6) is 1.01. The summed E-state index contributed by atoms with van der Waals surface area (Å²) in [6, 6.07) is 8.82. The topological polar surface area (TPSA) is 21.6 Å². The molecule has 0 heterocycles. The van der Waals surface area contributed by atoms with E-state index in [4.69, 9.17) is 0 Å². The SMILES string of the molecule is CO/N=C/C(C)Cc1ccc(C(C)C)cc1. The van der Waals surface area contributed by atoms with Crippen molar-refractivity contribution >= 4 is 6.21 Å². The van der Waals surface area contributed by atoms with Crippen LogP contribution in [0.2, 0.25) is 0 Å². The van der Waals surface area contributed by atoms with Crippen LogP contribution in [0.25, 0.3) is 0 Å². The highest BCUT2D eigenvalue weighted by Gasteiger charge is 2.02. The number of hydrogen-bond acceptors (Lipinski definition) is 2. The molecule has 0 N–H and O–H groups in total. The van der Waals surface area contributed by atoms with Gasteiger partial charge in [-0.3, -0.25) is 0 Å². The smallest absolute Gasteiger partial charge is 0.106 e. The molecule has 0 bridgehead atoms. The van der Waals surface area contributed by atoms with E-state index in [1.807, 2.05) is 6.21 Å². The van der Waals surface area contributed by atoms with Crippen molar-refractivity contribution in [3.05, 3.63) is 35.4 Å². The molecule has 1 aromatic carbocycles. The van der Waals surface area contributed by atoms with Crippen LogP contribution in [0.15, 0.2) is 29.4 Å². The minimum Gasteiger partial charge on any atom is -0.399 e. The molecule has 0 fully saturated rings. The third kappa shape index (κ3) is 4.05. The molecule has 0 amide bonds. The standard InChI is InChI=1S/C14H21NO/c1-11(2)14-7-5-13(6-8-14)9-12(3)10-15-16-4/h5-8,10-12H,9H2,1-4H3/b15-10+. The van der Waals surface area contributed by atoms with Gasteiger partial charge in [0.2, 0.25) is 0 Å². The minimum absolute atomic E-state index is 0.407. The van der Waals surface area contributed by atoms with Crippen molar-refractivity contribution in [1.82, 2.24) is 0 Å². The van der Waals surface area contributed by atoms with Gasteiger partial charge in [-0.1, -0.05) is 50.2 Å². The summed E-state index contributed by atoms with van der Waals surface area (Å²) in [5.41, 5.74) is 2.74. The van der Waals surface area contributed by atoms with Crippen LogP contribution in [-0.2, 0) is 11.3 Å². The number of oxime groups is 1. The molecule has 1 rings (SSSR count). The first-order valence-corrected chi connectivity index (χ1v) is 5.79. The molecule has 88 valence electrons. The van der Waals surface area contributed by atoms with Gasteiger partial charge in [0.25, 0.3) is 0 Å². The minimum atomic E-state index is 0.407.